The number of esters is 1. The highest BCUT2D eigenvalue weighted by Gasteiger charge is 2.16. The summed E-state index contributed by atoms with van der Waals surface area (Å²) in [4.78, 5) is 36.7. The summed E-state index contributed by atoms with van der Waals surface area (Å²) in [6.45, 7) is 2.03. The van der Waals surface area contributed by atoms with Gasteiger partial charge in [0.1, 0.15) is 5.75 Å². The van der Waals surface area contributed by atoms with Crippen LogP contribution in [0.25, 0.3) is 10.7 Å². The highest BCUT2D eigenvalue weighted by molar-refractivity contribution is 7.99. The molecule has 0 spiro atoms. The zero-order chi connectivity index (χ0) is 22.9. The van der Waals surface area contributed by atoms with Crippen molar-refractivity contribution in [3.05, 3.63) is 41.8 Å². The second-order valence-electron chi connectivity index (χ2n) is 6.21. The summed E-state index contributed by atoms with van der Waals surface area (Å²) in [5.74, 6) is -0.0269. The molecule has 0 unspecified atom stereocenters. The zero-order valence-electron chi connectivity index (χ0n) is 17.4. The minimum absolute atomic E-state index is 0.0477. The Morgan fingerprint density at radius 1 is 1.16 bits per heavy atom. The van der Waals surface area contributed by atoms with Crippen LogP contribution in [0, 0.1) is 0 Å². The summed E-state index contributed by atoms with van der Waals surface area (Å²) in [5, 5.41) is 15.5. The number of carbonyl (C=O) groups is 3. The van der Waals surface area contributed by atoms with Crippen molar-refractivity contribution >= 4 is 46.7 Å². The molecule has 3 aromatic rings. The molecule has 3 amide bonds. The van der Waals surface area contributed by atoms with Gasteiger partial charge in [-0.05, 0) is 42.6 Å². The van der Waals surface area contributed by atoms with E-state index < -0.39 is 24.5 Å². The van der Waals surface area contributed by atoms with Gasteiger partial charge >= 0.3 is 12.0 Å². The van der Waals surface area contributed by atoms with Crippen LogP contribution in [0.3, 0.4) is 0 Å². The predicted molar refractivity (Wildman–Crippen MR) is 121 cm³/mol. The normalized spacial score (nSPS) is 10.4. The molecule has 0 fully saturated rings. The van der Waals surface area contributed by atoms with E-state index in [9.17, 15) is 14.4 Å². The summed E-state index contributed by atoms with van der Waals surface area (Å²) < 4.78 is 11.9. The smallest absolute Gasteiger partial charge is 0.325 e. The Hall–Kier alpha value is -3.38. The van der Waals surface area contributed by atoms with Crippen LogP contribution in [-0.2, 0) is 20.9 Å². The molecule has 1 aromatic carbocycles. The first-order chi connectivity index (χ1) is 15.5. The Kier molecular flexibility index (Phi) is 8.22. The molecular formula is C20H21N5O5S2. The van der Waals surface area contributed by atoms with Gasteiger partial charge in [-0.25, -0.2) is 4.79 Å². The second-order valence-corrected chi connectivity index (χ2v) is 8.10. The summed E-state index contributed by atoms with van der Waals surface area (Å²) >= 11 is 2.72. The molecule has 2 heterocycles. The highest BCUT2D eigenvalue weighted by atomic mass is 32.2. The summed E-state index contributed by atoms with van der Waals surface area (Å²) in [5.41, 5.74) is 0.478. The maximum atomic E-state index is 12.0. The number of aromatic nitrogens is 3. The third-order valence-corrected chi connectivity index (χ3v) is 5.86. The number of thiophene rings is 1. The molecule has 0 aliphatic carbocycles. The molecular weight excluding hydrogens is 454 g/mol. The van der Waals surface area contributed by atoms with Crippen molar-refractivity contribution in [3.63, 3.8) is 0 Å². The van der Waals surface area contributed by atoms with Crippen LogP contribution in [0.15, 0.2) is 46.9 Å². The van der Waals surface area contributed by atoms with Gasteiger partial charge in [-0.3, -0.25) is 14.9 Å². The molecule has 3 rings (SSSR count). The van der Waals surface area contributed by atoms with Crippen molar-refractivity contribution in [2.45, 2.75) is 18.6 Å². The van der Waals surface area contributed by atoms with E-state index in [4.69, 9.17) is 9.47 Å². The number of methoxy groups -OCH3 is 1. The van der Waals surface area contributed by atoms with Crippen LogP contribution in [0.2, 0.25) is 0 Å². The van der Waals surface area contributed by atoms with Crippen molar-refractivity contribution < 1.29 is 23.9 Å². The maximum Gasteiger partial charge on any atom is 0.325 e. The van der Waals surface area contributed by atoms with Crippen LogP contribution < -0.4 is 15.4 Å². The van der Waals surface area contributed by atoms with Gasteiger partial charge in [-0.1, -0.05) is 17.8 Å². The highest BCUT2D eigenvalue weighted by Crippen LogP contribution is 2.27. The first-order valence-corrected chi connectivity index (χ1v) is 11.4. The van der Waals surface area contributed by atoms with Crippen LogP contribution >= 0.6 is 23.1 Å². The van der Waals surface area contributed by atoms with Gasteiger partial charge in [0.05, 0.1) is 17.7 Å². The average Bonchev–Trinajstić information content (AvgIpc) is 3.46. The largest absolute Gasteiger partial charge is 0.497 e. The van der Waals surface area contributed by atoms with Crippen molar-refractivity contribution in [2.75, 3.05) is 24.8 Å². The molecule has 0 saturated heterocycles. The number of hydrogen-bond acceptors (Lipinski definition) is 9. The molecule has 0 bridgehead atoms. The minimum Gasteiger partial charge on any atom is -0.497 e. The van der Waals surface area contributed by atoms with Gasteiger partial charge in [0, 0.05) is 12.2 Å². The van der Waals surface area contributed by atoms with Crippen molar-refractivity contribution in [1.29, 1.82) is 0 Å². The average molecular weight is 476 g/mol. The number of nitrogens with one attached hydrogen (secondary N) is 2. The van der Waals surface area contributed by atoms with Crippen molar-refractivity contribution in [1.82, 2.24) is 20.1 Å². The molecule has 0 atom stereocenters. The van der Waals surface area contributed by atoms with Gasteiger partial charge in [0.25, 0.3) is 5.91 Å². The lowest BCUT2D eigenvalue weighted by Crippen LogP contribution is -2.37. The number of hydrogen-bond donors (Lipinski definition) is 2. The fourth-order valence-electron chi connectivity index (χ4n) is 2.58. The molecule has 32 heavy (non-hydrogen) atoms. The summed E-state index contributed by atoms with van der Waals surface area (Å²) in [7, 11) is 1.53. The number of ether oxygens (including phenoxy) is 2. The lowest BCUT2D eigenvalue weighted by atomic mass is 10.3. The molecule has 0 aliphatic rings. The van der Waals surface area contributed by atoms with Crippen molar-refractivity contribution in [3.8, 4) is 16.5 Å². The van der Waals surface area contributed by atoms with Gasteiger partial charge in [-0.15, -0.1) is 21.5 Å². The topological polar surface area (TPSA) is 124 Å². The van der Waals surface area contributed by atoms with Gasteiger partial charge < -0.3 is 19.4 Å². The number of thioether (sulfide) groups is 1. The number of amides is 3. The van der Waals surface area contributed by atoms with E-state index in [1.165, 1.54) is 18.9 Å². The van der Waals surface area contributed by atoms with Gasteiger partial charge in [0.2, 0.25) is 0 Å². The molecule has 10 nitrogen and oxygen atoms in total. The van der Waals surface area contributed by atoms with E-state index in [2.05, 4.69) is 20.8 Å². The van der Waals surface area contributed by atoms with Crippen LogP contribution in [0.5, 0.6) is 5.75 Å². The molecule has 2 N–H and O–H groups in total. The number of imide groups is 1. The predicted octanol–water partition coefficient (Wildman–Crippen LogP) is 3.02. The maximum absolute atomic E-state index is 12.0. The fourth-order valence-corrected chi connectivity index (χ4v) is 4.10. The number of nitrogens with zero attached hydrogens (tertiary/aromatic N) is 3. The molecule has 2 aromatic heterocycles. The Labute approximate surface area is 192 Å². The van der Waals surface area contributed by atoms with Crippen LogP contribution in [0.4, 0.5) is 10.5 Å². The third kappa shape index (κ3) is 6.31. The number of benzene rings is 1. The second kappa shape index (κ2) is 11.3. The van der Waals surface area contributed by atoms with E-state index >= 15 is 0 Å². The van der Waals surface area contributed by atoms with E-state index in [1.54, 1.807) is 35.6 Å². The van der Waals surface area contributed by atoms with Crippen LogP contribution in [-0.4, -0.2) is 52.1 Å². The lowest BCUT2D eigenvalue weighted by Gasteiger charge is -2.08. The first-order valence-electron chi connectivity index (χ1n) is 9.50. The molecule has 0 aliphatic heterocycles. The van der Waals surface area contributed by atoms with E-state index in [0.717, 1.165) is 10.7 Å². The number of rotatable bonds is 9. The Bertz CT molecular complexity index is 1070. The Balaban J connectivity index is 1.41. The van der Waals surface area contributed by atoms with E-state index in [0.29, 0.717) is 23.1 Å². The molecule has 0 saturated carbocycles. The fraction of sp³-hybridized carbons (Fsp3) is 0.250. The molecule has 12 heteroatoms. The molecule has 0 radical (unpaired) electrons. The summed E-state index contributed by atoms with van der Waals surface area (Å²) in [6.07, 6.45) is 0. The first kappa shape index (κ1) is 23.3. The van der Waals surface area contributed by atoms with Gasteiger partial charge in [-0.2, -0.15) is 0 Å². The zero-order valence-corrected chi connectivity index (χ0v) is 19.0. The van der Waals surface area contributed by atoms with Gasteiger partial charge in [0.15, 0.2) is 17.6 Å². The SMILES string of the molecule is CCn1c(SCC(=O)OCC(=O)NC(=O)Nc2ccc(OC)cc2)nnc1-c1cccs1. The number of carbonyl (C=O) groups excluding carboxylic acids is 3. The minimum atomic E-state index is -0.744. The number of anilines is 1. The third-order valence-electron chi connectivity index (χ3n) is 4.06. The Morgan fingerprint density at radius 3 is 2.59 bits per heavy atom. The Morgan fingerprint density at radius 2 is 1.94 bits per heavy atom. The lowest BCUT2D eigenvalue weighted by molar-refractivity contribution is -0.145. The van der Waals surface area contributed by atoms with Crippen molar-refractivity contribution in [2.24, 2.45) is 0 Å². The van der Waals surface area contributed by atoms with Crippen LogP contribution in [0.1, 0.15) is 6.92 Å². The summed E-state index contributed by atoms with van der Waals surface area (Å²) in [6, 6.07) is 9.73. The number of urea groups is 1. The van der Waals surface area contributed by atoms with E-state index in [1.807, 2.05) is 29.0 Å². The van der Waals surface area contributed by atoms with E-state index in [-0.39, 0.29) is 5.75 Å². The standard InChI is InChI=1S/C20H21N5O5S2/c1-3-25-18(15-5-4-10-31-15)23-24-20(25)32-12-17(27)30-11-16(26)22-19(28)21-13-6-8-14(29-2)9-7-13/h4-10H,3,11-12H2,1-2H3,(H2,21,22,26,28). The molecule has 168 valence electrons. The quantitative estimate of drug-likeness (QED) is 0.357. The monoisotopic (exact) mass is 475 g/mol.